The van der Waals surface area contributed by atoms with Gasteiger partial charge in [-0.3, -0.25) is 9.69 Å². The first-order valence-electron chi connectivity index (χ1n) is 5.51. The first-order chi connectivity index (χ1) is 7.25. The molecule has 2 aliphatic rings. The Morgan fingerprint density at radius 3 is 2.67 bits per heavy atom. The maximum absolute atomic E-state index is 11.5. The van der Waals surface area contributed by atoms with Gasteiger partial charge in [-0.15, -0.1) is 0 Å². The molecule has 0 bridgehead atoms. The van der Waals surface area contributed by atoms with Crippen LogP contribution in [0.2, 0.25) is 0 Å². The van der Waals surface area contributed by atoms with Gasteiger partial charge in [0.05, 0.1) is 0 Å². The van der Waals surface area contributed by atoms with Crippen LogP contribution in [0, 0.1) is 0 Å². The average molecular weight is 246 g/mol. The van der Waals surface area contributed by atoms with Crippen molar-refractivity contribution in [1.29, 1.82) is 0 Å². The van der Waals surface area contributed by atoms with Gasteiger partial charge in [0.2, 0.25) is 5.91 Å². The third kappa shape index (κ3) is 3.29. The molecule has 15 heavy (non-hydrogen) atoms. The smallest absolute Gasteiger partial charge is 0.223 e. The van der Waals surface area contributed by atoms with Crippen molar-refractivity contribution in [2.75, 3.05) is 44.2 Å². The first kappa shape index (κ1) is 11.6. The molecule has 0 N–H and O–H groups in total. The van der Waals surface area contributed by atoms with Crippen molar-refractivity contribution < 1.29 is 4.79 Å². The third-order valence-electron chi connectivity index (χ3n) is 2.98. The summed E-state index contributed by atoms with van der Waals surface area (Å²) in [5.41, 5.74) is 0. The van der Waals surface area contributed by atoms with Gasteiger partial charge < -0.3 is 4.90 Å². The van der Waals surface area contributed by atoms with E-state index in [0.29, 0.717) is 6.42 Å². The predicted octanol–water partition coefficient (Wildman–Crippen LogP) is 0.566. The van der Waals surface area contributed by atoms with Gasteiger partial charge in [0.25, 0.3) is 0 Å². The van der Waals surface area contributed by atoms with Gasteiger partial charge >= 0.3 is 0 Å². The quantitative estimate of drug-likeness (QED) is 0.737. The summed E-state index contributed by atoms with van der Waals surface area (Å²) in [4.78, 5) is 15.9. The van der Waals surface area contributed by atoms with Gasteiger partial charge in [0.15, 0.2) is 0 Å². The highest BCUT2D eigenvalue weighted by Crippen LogP contribution is 2.16. The van der Waals surface area contributed by atoms with E-state index in [1.54, 1.807) is 0 Å². The molecule has 86 valence electrons. The van der Waals surface area contributed by atoms with E-state index < -0.39 is 0 Å². The molecule has 2 aliphatic heterocycles. The van der Waals surface area contributed by atoms with Gasteiger partial charge in [0.1, 0.15) is 0 Å². The standard InChI is InChI=1S/C10H18N2OS2/c13-10-7-9(14)8-12(10)2-1-11-3-5-15-6-4-11/h9,14H,1-8H2. The average Bonchev–Trinajstić information content (AvgIpc) is 2.56. The van der Waals surface area contributed by atoms with E-state index in [1.165, 1.54) is 24.6 Å². The molecule has 3 nitrogen and oxygen atoms in total. The van der Waals surface area contributed by atoms with E-state index in [-0.39, 0.29) is 11.2 Å². The number of nitrogens with zero attached hydrogens (tertiary/aromatic N) is 2. The minimum atomic E-state index is 0.259. The molecule has 0 spiro atoms. The normalized spacial score (nSPS) is 28.7. The summed E-state index contributed by atoms with van der Waals surface area (Å²) in [5, 5.41) is 0.259. The van der Waals surface area contributed by atoms with Gasteiger partial charge in [-0.1, -0.05) is 0 Å². The molecule has 0 radical (unpaired) electrons. The van der Waals surface area contributed by atoms with Crippen molar-refractivity contribution >= 4 is 30.3 Å². The Labute approximate surface area is 101 Å². The number of thiol groups is 1. The summed E-state index contributed by atoms with van der Waals surface area (Å²) in [6.07, 6.45) is 0.624. The summed E-state index contributed by atoms with van der Waals surface area (Å²) < 4.78 is 0. The summed E-state index contributed by atoms with van der Waals surface area (Å²) in [5.74, 6) is 2.76. The van der Waals surface area contributed by atoms with Crippen LogP contribution in [0.15, 0.2) is 0 Å². The second-order valence-electron chi connectivity index (χ2n) is 4.15. The van der Waals surface area contributed by atoms with Crippen molar-refractivity contribution in [2.24, 2.45) is 0 Å². The Kier molecular flexibility index (Phi) is 4.22. The van der Waals surface area contributed by atoms with Crippen molar-refractivity contribution in [2.45, 2.75) is 11.7 Å². The summed E-state index contributed by atoms with van der Waals surface area (Å²) in [6.45, 7) is 5.12. The van der Waals surface area contributed by atoms with Gasteiger partial charge in [0, 0.05) is 55.9 Å². The number of hydrogen-bond donors (Lipinski definition) is 1. The summed E-state index contributed by atoms with van der Waals surface area (Å²) >= 11 is 6.37. The molecule has 2 fully saturated rings. The molecule has 2 rings (SSSR count). The van der Waals surface area contributed by atoms with E-state index in [4.69, 9.17) is 0 Å². The molecule has 5 heteroatoms. The molecule has 2 saturated heterocycles. The van der Waals surface area contributed by atoms with Crippen molar-refractivity contribution in [3.63, 3.8) is 0 Å². The molecule has 0 saturated carbocycles. The van der Waals surface area contributed by atoms with Gasteiger partial charge in [-0.25, -0.2) is 0 Å². The Hall–Kier alpha value is 0.130. The van der Waals surface area contributed by atoms with Crippen LogP contribution in [-0.2, 0) is 4.79 Å². The lowest BCUT2D eigenvalue weighted by Gasteiger charge is -2.28. The van der Waals surface area contributed by atoms with E-state index >= 15 is 0 Å². The van der Waals surface area contributed by atoms with Crippen LogP contribution in [0.1, 0.15) is 6.42 Å². The molecular weight excluding hydrogens is 228 g/mol. The van der Waals surface area contributed by atoms with Crippen LogP contribution in [0.25, 0.3) is 0 Å². The number of amides is 1. The highest BCUT2D eigenvalue weighted by atomic mass is 32.2. The Bertz CT molecular complexity index is 231. The minimum Gasteiger partial charge on any atom is -0.340 e. The molecule has 0 aromatic carbocycles. The van der Waals surface area contributed by atoms with Crippen LogP contribution >= 0.6 is 24.4 Å². The Balaban J connectivity index is 1.70. The van der Waals surface area contributed by atoms with E-state index in [2.05, 4.69) is 17.5 Å². The third-order valence-corrected chi connectivity index (χ3v) is 4.27. The molecular formula is C10H18N2OS2. The van der Waals surface area contributed by atoms with Crippen LogP contribution < -0.4 is 0 Å². The van der Waals surface area contributed by atoms with E-state index in [1.807, 2.05) is 16.7 Å². The molecule has 0 aliphatic carbocycles. The number of carbonyl (C=O) groups excluding carboxylic acids is 1. The zero-order valence-corrected chi connectivity index (χ0v) is 10.6. The minimum absolute atomic E-state index is 0.259. The topological polar surface area (TPSA) is 23.6 Å². The number of rotatable bonds is 3. The zero-order chi connectivity index (χ0) is 10.7. The lowest BCUT2D eigenvalue weighted by molar-refractivity contribution is -0.127. The zero-order valence-electron chi connectivity index (χ0n) is 8.89. The highest BCUT2D eigenvalue weighted by molar-refractivity contribution is 7.99. The number of likely N-dealkylation sites (tertiary alicyclic amines) is 1. The summed E-state index contributed by atoms with van der Waals surface area (Å²) in [7, 11) is 0. The van der Waals surface area contributed by atoms with Gasteiger partial charge in [-0.05, 0) is 0 Å². The van der Waals surface area contributed by atoms with Crippen molar-refractivity contribution in [3.05, 3.63) is 0 Å². The monoisotopic (exact) mass is 246 g/mol. The van der Waals surface area contributed by atoms with Crippen LogP contribution in [0.5, 0.6) is 0 Å². The summed E-state index contributed by atoms with van der Waals surface area (Å²) in [6, 6.07) is 0. The fourth-order valence-electron chi connectivity index (χ4n) is 2.05. The van der Waals surface area contributed by atoms with Crippen LogP contribution in [0.3, 0.4) is 0 Å². The van der Waals surface area contributed by atoms with Gasteiger partial charge in [-0.2, -0.15) is 24.4 Å². The molecule has 1 atom stereocenters. The van der Waals surface area contributed by atoms with Crippen LogP contribution in [-0.4, -0.2) is 65.2 Å². The second kappa shape index (κ2) is 5.46. The maximum Gasteiger partial charge on any atom is 0.223 e. The fourth-order valence-corrected chi connectivity index (χ4v) is 3.39. The van der Waals surface area contributed by atoms with E-state index in [0.717, 1.165) is 19.6 Å². The van der Waals surface area contributed by atoms with E-state index in [9.17, 15) is 4.79 Å². The lowest BCUT2D eigenvalue weighted by Crippen LogP contribution is -2.39. The number of thioether (sulfide) groups is 1. The largest absolute Gasteiger partial charge is 0.340 e. The SMILES string of the molecule is O=C1CC(S)CN1CCN1CCSCC1. The Morgan fingerprint density at radius 2 is 2.07 bits per heavy atom. The number of hydrogen-bond acceptors (Lipinski definition) is 4. The van der Waals surface area contributed by atoms with Crippen molar-refractivity contribution in [1.82, 2.24) is 9.80 Å². The fraction of sp³-hybridized carbons (Fsp3) is 0.900. The Morgan fingerprint density at radius 1 is 1.33 bits per heavy atom. The van der Waals surface area contributed by atoms with Crippen molar-refractivity contribution in [3.8, 4) is 0 Å². The second-order valence-corrected chi connectivity index (χ2v) is 6.11. The van der Waals surface area contributed by atoms with Crippen LogP contribution in [0.4, 0.5) is 0 Å². The molecule has 1 unspecified atom stereocenters. The molecule has 2 heterocycles. The molecule has 0 aromatic heterocycles. The highest BCUT2D eigenvalue weighted by Gasteiger charge is 2.27. The lowest BCUT2D eigenvalue weighted by atomic mass is 10.4. The molecule has 1 amide bonds. The maximum atomic E-state index is 11.5. The first-order valence-corrected chi connectivity index (χ1v) is 7.19. The number of carbonyl (C=O) groups is 1. The molecule has 0 aromatic rings. The predicted molar refractivity (Wildman–Crippen MR) is 67.7 cm³/mol.